The minimum Gasteiger partial charge on any atom is -0.756 e. The zero-order valence-corrected chi connectivity index (χ0v) is 42.3. The summed E-state index contributed by atoms with van der Waals surface area (Å²) in [5, 5.41) is 9.91. The number of hydrogen-bond donors (Lipinski definition) is 1. The van der Waals surface area contributed by atoms with Crippen molar-refractivity contribution in [1.82, 2.24) is 0 Å². The summed E-state index contributed by atoms with van der Waals surface area (Å²) in [6, 6.07) is 0. The van der Waals surface area contributed by atoms with Gasteiger partial charge in [0, 0.05) is 6.42 Å². The van der Waals surface area contributed by atoms with E-state index in [0.29, 0.717) is 17.4 Å². The molecule has 0 amide bonds. The van der Waals surface area contributed by atoms with Crippen LogP contribution in [0.25, 0.3) is 0 Å². The normalized spacial score (nSPS) is 13.5. The van der Waals surface area contributed by atoms with Crippen LogP contribution in [0.2, 0.25) is 0 Å². The summed E-state index contributed by atoms with van der Waals surface area (Å²) in [4.78, 5) is 23.8. The average molecular weight is 888 g/mol. The summed E-state index contributed by atoms with van der Waals surface area (Å²) < 4.78 is 26.9. The Morgan fingerprint density at radius 2 is 0.721 bits per heavy atom. The number of ether oxygens (including phenoxy) is 1. The molecule has 0 radical (unpaired) electrons. The molecule has 0 saturated heterocycles. The fourth-order valence-electron chi connectivity index (χ4n) is 8.19. The van der Waals surface area contributed by atoms with Gasteiger partial charge in [-0.3, -0.25) is 9.36 Å². The lowest BCUT2D eigenvalue weighted by Gasteiger charge is -2.27. The molecule has 0 aromatic heterocycles. The molecular weight excluding hydrogens is 782 g/mol. The number of carbonyl (C=O) groups excluding carboxylic acids is 1. The number of nitrogens with zero attached hydrogens (tertiary/aromatic N) is 1. The first-order valence-corrected chi connectivity index (χ1v) is 28.3. The Balaban J connectivity index is 3.24. The number of phosphoric acid groups is 1. The van der Waals surface area contributed by atoms with Crippen molar-refractivity contribution in [3.05, 3.63) is 0 Å². The van der Waals surface area contributed by atoms with Crippen molar-refractivity contribution < 1.29 is 37.6 Å². The van der Waals surface area contributed by atoms with Crippen LogP contribution >= 0.6 is 7.82 Å². The molecule has 0 fully saturated rings. The third kappa shape index (κ3) is 52.0. The number of carbonyl (C=O) groups is 1. The van der Waals surface area contributed by atoms with Crippen LogP contribution in [-0.2, 0) is 23.1 Å². The smallest absolute Gasteiger partial charge is 0.305 e. The second-order valence-corrected chi connectivity index (χ2v) is 21.2. The molecule has 9 heteroatoms. The summed E-state index contributed by atoms with van der Waals surface area (Å²) in [7, 11) is 1.27. The standard InChI is InChI=1S/C52H106NO7P/c1-5-6-7-8-9-10-11-12-13-14-15-16-17-18-19-20-21-22-23-24-25-26-27-28-29-30-31-32-33-34-35-36-37-38-39-40-41-42-43-44-45-46-52(55)58-49-51(54)50-60-61(56,57)59-48-47-53(2,3)4/h51,54H,5-50H2,1-4H3. The molecule has 0 aliphatic rings. The van der Waals surface area contributed by atoms with Crippen LogP contribution in [0, 0.1) is 0 Å². The van der Waals surface area contributed by atoms with Crippen molar-refractivity contribution in [1.29, 1.82) is 0 Å². The molecule has 0 aliphatic heterocycles. The van der Waals surface area contributed by atoms with Gasteiger partial charge in [-0.2, -0.15) is 0 Å². The number of quaternary nitrogens is 1. The molecule has 2 unspecified atom stereocenters. The van der Waals surface area contributed by atoms with Gasteiger partial charge in [-0.05, 0) is 6.42 Å². The van der Waals surface area contributed by atoms with Crippen LogP contribution in [0.5, 0.6) is 0 Å². The number of aliphatic hydroxyl groups excluding tert-OH is 1. The van der Waals surface area contributed by atoms with Gasteiger partial charge >= 0.3 is 5.97 Å². The molecule has 0 heterocycles. The summed E-state index contributed by atoms with van der Waals surface area (Å²) >= 11 is 0. The van der Waals surface area contributed by atoms with Gasteiger partial charge in [-0.25, -0.2) is 0 Å². The number of rotatable bonds is 51. The lowest BCUT2D eigenvalue weighted by Crippen LogP contribution is -2.37. The number of unbranched alkanes of at least 4 members (excludes halogenated alkanes) is 40. The third-order valence-corrected chi connectivity index (χ3v) is 13.3. The average Bonchev–Trinajstić information content (AvgIpc) is 3.22. The maximum Gasteiger partial charge on any atom is 0.305 e. The van der Waals surface area contributed by atoms with Gasteiger partial charge in [0.05, 0.1) is 27.7 Å². The minimum atomic E-state index is -4.50. The van der Waals surface area contributed by atoms with E-state index in [-0.39, 0.29) is 19.2 Å². The first-order valence-electron chi connectivity index (χ1n) is 26.8. The molecule has 366 valence electrons. The van der Waals surface area contributed by atoms with Crippen molar-refractivity contribution in [3.63, 3.8) is 0 Å². The Kier molecular flexibility index (Phi) is 45.7. The quantitative estimate of drug-likeness (QED) is 0.0281. The molecule has 2 atom stereocenters. The number of hydrogen-bond acceptors (Lipinski definition) is 7. The molecule has 0 bridgehead atoms. The SMILES string of the molecule is CCCCCCCCCCCCCCCCCCCCCCCCCCCCCCCCCCCCCCCCCCCC(=O)OCC(O)COP(=O)([O-])OCC[N+](C)(C)C. The van der Waals surface area contributed by atoms with E-state index in [4.69, 9.17) is 13.8 Å². The van der Waals surface area contributed by atoms with Crippen LogP contribution in [0.1, 0.15) is 277 Å². The highest BCUT2D eigenvalue weighted by molar-refractivity contribution is 7.45. The van der Waals surface area contributed by atoms with Crippen LogP contribution in [0.4, 0.5) is 0 Å². The predicted octanol–water partition coefficient (Wildman–Crippen LogP) is 15.5. The number of aliphatic hydroxyl groups is 1. The molecular formula is C52H106NO7P. The predicted molar refractivity (Wildman–Crippen MR) is 259 cm³/mol. The summed E-state index contributed by atoms with van der Waals surface area (Å²) in [6.45, 7) is 2.00. The van der Waals surface area contributed by atoms with Crippen molar-refractivity contribution in [2.24, 2.45) is 0 Å². The van der Waals surface area contributed by atoms with Gasteiger partial charge in [-0.15, -0.1) is 0 Å². The van der Waals surface area contributed by atoms with Crippen LogP contribution in [0.3, 0.4) is 0 Å². The molecule has 1 N–H and O–H groups in total. The Hall–Kier alpha value is -0.500. The number of phosphoric ester groups is 1. The van der Waals surface area contributed by atoms with Crippen molar-refractivity contribution in [2.75, 3.05) is 47.5 Å². The van der Waals surface area contributed by atoms with Crippen molar-refractivity contribution in [3.8, 4) is 0 Å². The highest BCUT2D eigenvalue weighted by Gasteiger charge is 2.17. The second-order valence-electron chi connectivity index (χ2n) is 19.8. The minimum absolute atomic E-state index is 0.00479. The Labute approximate surface area is 380 Å². The molecule has 0 saturated carbocycles. The first-order chi connectivity index (χ1) is 29.6. The Bertz CT molecular complexity index is 945. The van der Waals surface area contributed by atoms with Gasteiger partial charge < -0.3 is 28.3 Å². The van der Waals surface area contributed by atoms with Gasteiger partial charge in [0.25, 0.3) is 7.82 Å². The molecule has 0 aromatic rings. The van der Waals surface area contributed by atoms with Crippen LogP contribution in [-0.4, -0.2) is 69.2 Å². The monoisotopic (exact) mass is 888 g/mol. The lowest BCUT2D eigenvalue weighted by atomic mass is 10.0. The van der Waals surface area contributed by atoms with E-state index in [1.54, 1.807) is 0 Å². The summed E-state index contributed by atoms with van der Waals surface area (Å²) in [6.07, 6.45) is 56.3. The van der Waals surface area contributed by atoms with E-state index in [1.165, 1.54) is 244 Å². The van der Waals surface area contributed by atoms with Crippen molar-refractivity contribution >= 4 is 13.8 Å². The van der Waals surface area contributed by atoms with E-state index in [9.17, 15) is 19.4 Å². The fraction of sp³-hybridized carbons (Fsp3) is 0.981. The molecule has 61 heavy (non-hydrogen) atoms. The number of esters is 1. The molecule has 0 spiro atoms. The largest absolute Gasteiger partial charge is 0.756 e. The topological polar surface area (TPSA) is 105 Å². The molecule has 0 aliphatic carbocycles. The van der Waals surface area contributed by atoms with Gasteiger partial charge in [0.2, 0.25) is 0 Å². The Morgan fingerprint density at radius 3 is 0.984 bits per heavy atom. The molecule has 0 aromatic carbocycles. The van der Waals surface area contributed by atoms with E-state index in [2.05, 4.69) is 6.92 Å². The molecule has 0 rings (SSSR count). The zero-order valence-electron chi connectivity index (χ0n) is 41.4. The van der Waals surface area contributed by atoms with E-state index >= 15 is 0 Å². The van der Waals surface area contributed by atoms with Crippen molar-refractivity contribution in [2.45, 2.75) is 283 Å². The van der Waals surface area contributed by atoms with Gasteiger partial charge in [0.15, 0.2) is 0 Å². The number of likely N-dealkylation sites (N-methyl/N-ethyl adjacent to an activating group) is 1. The molecule has 8 nitrogen and oxygen atoms in total. The van der Waals surface area contributed by atoms with E-state index < -0.39 is 20.5 Å². The maximum atomic E-state index is 12.0. The van der Waals surface area contributed by atoms with E-state index in [1.807, 2.05) is 21.1 Å². The summed E-state index contributed by atoms with van der Waals surface area (Å²) in [5.41, 5.74) is 0. The first kappa shape index (κ1) is 60.5. The van der Waals surface area contributed by atoms with E-state index in [0.717, 1.165) is 19.3 Å². The zero-order chi connectivity index (χ0) is 44.8. The lowest BCUT2D eigenvalue weighted by molar-refractivity contribution is -0.870. The van der Waals surface area contributed by atoms with Crippen LogP contribution in [0.15, 0.2) is 0 Å². The Morgan fingerprint density at radius 1 is 0.459 bits per heavy atom. The second kappa shape index (κ2) is 46.0. The summed E-state index contributed by atoms with van der Waals surface area (Å²) in [5.74, 6) is -0.379. The third-order valence-electron chi connectivity index (χ3n) is 12.4. The van der Waals surface area contributed by atoms with Gasteiger partial charge in [0.1, 0.15) is 25.9 Å². The fourth-order valence-corrected chi connectivity index (χ4v) is 8.92. The highest BCUT2D eigenvalue weighted by Crippen LogP contribution is 2.38. The van der Waals surface area contributed by atoms with Gasteiger partial charge in [-0.1, -0.05) is 264 Å². The van der Waals surface area contributed by atoms with Crippen LogP contribution < -0.4 is 4.89 Å². The highest BCUT2D eigenvalue weighted by atomic mass is 31.2. The maximum absolute atomic E-state index is 12.0.